The number of rotatable bonds is 8. The first-order valence-electron chi connectivity index (χ1n) is 6.71. The van der Waals surface area contributed by atoms with Crippen LogP contribution in [0.5, 0.6) is 0 Å². The van der Waals surface area contributed by atoms with Gasteiger partial charge >= 0.3 is 0 Å². The van der Waals surface area contributed by atoms with Crippen LogP contribution < -0.4 is 5.32 Å². The van der Waals surface area contributed by atoms with Gasteiger partial charge in [0.2, 0.25) is 5.91 Å². The molecule has 5 heteroatoms. The normalized spacial score (nSPS) is 13.8. The van der Waals surface area contributed by atoms with E-state index in [1.165, 1.54) is 12.1 Å². The first-order chi connectivity index (χ1) is 9.56. The van der Waals surface area contributed by atoms with Gasteiger partial charge < -0.3 is 10.4 Å². The van der Waals surface area contributed by atoms with Crippen molar-refractivity contribution >= 4 is 17.7 Å². The second-order valence-electron chi connectivity index (χ2n) is 4.89. The molecule has 0 aliphatic carbocycles. The number of aliphatic hydroxyl groups excluding tert-OH is 1. The molecule has 0 spiro atoms. The zero-order valence-electron chi connectivity index (χ0n) is 11.9. The van der Waals surface area contributed by atoms with Crippen LogP contribution in [0.4, 0.5) is 4.39 Å². The predicted octanol–water partition coefficient (Wildman–Crippen LogP) is 2.55. The van der Waals surface area contributed by atoms with E-state index in [4.69, 9.17) is 5.11 Å². The second kappa shape index (κ2) is 8.97. The van der Waals surface area contributed by atoms with E-state index in [0.29, 0.717) is 12.8 Å². The van der Waals surface area contributed by atoms with Crippen LogP contribution in [0.1, 0.15) is 31.2 Å². The van der Waals surface area contributed by atoms with E-state index in [1.807, 2.05) is 13.2 Å². The first-order valence-corrected chi connectivity index (χ1v) is 8.10. The van der Waals surface area contributed by atoms with Gasteiger partial charge in [0.1, 0.15) is 5.82 Å². The highest BCUT2D eigenvalue weighted by Gasteiger charge is 2.15. The first kappa shape index (κ1) is 17.0. The number of amides is 1. The van der Waals surface area contributed by atoms with Crippen LogP contribution in [0.25, 0.3) is 0 Å². The largest absolute Gasteiger partial charge is 0.396 e. The highest BCUT2D eigenvalue weighted by Crippen LogP contribution is 2.19. The predicted molar refractivity (Wildman–Crippen MR) is 81.4 cm³/mol. The molecule has 0 saturated carbocycles. The lowest BCUT2D eigenvalue weighted by molar-refractivity contribution is -0.122. The maximum atomic E-state index is 12.8. The average Bonchev–Trinajstić information content (AvgIpc) is 2.39. The highest BCUT2D eigenvalue weighted by atomic mass is 32.2. The van der Waals surface area contributed by atoms with E-state index in [-0.39, 0.29) is 30.3 Å². The molecule has 112 valence electrons. The van der Waals surface area contributed by atoms with Crippen LogP contribution >= 0.6 is 11.8 Å². The van der Waals surface area contributed by atoms with E-state index < -0.39 is 0 Å². The number of aliphatic hydroxyl groups is 1. The Morgan fingerprint density at radius 2 is 2.05 bits per heavy atom. The molecule has 2 unspecified atom stereocenters. The molecule has 0 bridgehead atoms. The van der Waals surface area contributed by atoms with Crippen LogP contribution in [-0.2, 0) is 4.79 Å². The molecule has 2 atom stereocenters. The smallest absolute Gasteiger partial charge is 0.220 e. The van der Waals surface area contributed by atoms with Crippen molar-refractivity contribution in [3.8, 4) is 0 Å². The van der Waals surface area contributed by atoms with Crippen molar-refractivity contribution in [3.63, 3.8) is 0 Å². The van der Waals surface area contributed by atoms with E-state index >= 15 is 0 Å². The molecule has 0 aliphatic heterocycles. The summed E-state index contributed by atoms with van der Waals surface area (Å²) in [5.41, 5.74) is 0.949. The quantitative estimate of drug-likeness (QED) is 0.775. The van der Waals surface area contributed by atoms with Crippen molar-refractivity contribution < 1.29 is 14.3 Å². The minimum absolute atomic E-state index is 0.00270. The van der Waals surface area contributed by atoms with Crippen LogP contribution in [-0.4, -0.2) is 35.7 Å². The number of carbonyl (C=O) groups excluding carboxylic acids is 1. The van der Waals surface area contributed by atoms with Gasteiger partial charge in [0.15, 0.2) is 0 Å². The van der Waals surface area contributed by atoms with Gasteiger partial charge in [-0.2, -0.15) is 11.8 Å². The Kier molecular flexibility index (Phi) is 7.62. The molecule has 0 heterocycles. The monoisotopic (exact) mass is 299 g/mol. The van der Waals surface area contributed by atoms with Gasteiger partial charge in [-0.1, -0.05) is 19.1 Å². The van der Waals surface area contributed by atoms with Crippen molar-refractivity contribution in [1.29, 1.82) is 0 Å². The van der Waals surface area contributed by atoms with E-state index in [1.54, 1.807) is 23.9 Å². The van der Waals surface area contributed by atoms with Crippen molar-refractivity contribution in [2.75, 3.05) is 18.6 Å². The Hall–Kier alpha value is -1.07. The number of halogens is 1. The maximum absolute atomic E-state index is 12.8. The van der Waals surface area contributed by atoms with Crippen molar-refractivity contribution in [2.45, 2.75) is 31.7 Å². The third kappa shape index (κ3) is 5.92. The molecule has 0 radical (unpaired) electrons. The van der Waals surface area contributed by atoms with E-state index in [9.17, 15) is 9.18 Å². The number of hydrogen-bond acceptors (Lipinski definition) is 3. The minimum atomic E-state index is -0.270. The van der Waals surface area contributed by atoms with Gasteiger partial charge in [-0.15, -0.1) is 0 Å². The van der Waals surface area contributed by atoms with Gasteiger partial charge in [-0.3, -0.25) is 4.79 Å². The van der Waals surface area contributed by atoms with Crippen LogP contribution in [0.2, 0.25) is 0 Å². The van der Waals surface area contributed by atoms with Crippen molar-refractivity contribution in [2.24, 2.45) is 0 Å². The van der Waals surface area contributed by atoms with Gasteiger partial charge in [0.25, 0.3) is 0 Å². The van der Waals surface area contributed by atoms with E-state index in [0.717, 1.165) is 11.3 Å². The summed E-state index contributed by atoms with van der Waals surface area (Å²) in [5, 5.41) is 11.9. The second-order valence-corrected chi connectivity index (χ2v) is 5.80. The summed E-state index contributed by atoms with van der Waals surface area (Å²) in [4.78, 5) is 12.0. The van der Waals surface area contributed by atoms with Gasteiger partial charge in [0, 0.05) is 24.8 Å². The Labute approximate surface area is 124 Å². The number of benzene rings is 1. The molecule has 2 N–H and O–H groups in total. The molecule has 0 aliphatic rings. The lowest BCUT2D eigenvalue weighted by atomic mass is 9.97. The van der Waals surface area contributed by atoms with E-state index in [2.05, 4.69) is 5.32 Å². The number of nitrogens with one attached hydrogen (secondary N) is 1. The van der Waals surface area contributed by atoms with Crippen molar-refractivity contribution in [3.05, 3.63) is 35.6 Å². The molecule has 1 aromatic carbocycles. The Morgan fingerprint density at radius 3 is 2.60 bits per heavy atom. The standard InChI is InChI=1S/C15H22FNO2S/c1-11(12-3-5-13(16)6-4-12)9-15(19)17-14(7-8-18)10-20-2/h3-6,11,14,18H,7-10H2,1-2H3,(H,17,19). The molecule has 20 heavy (non-hydrogen) atoms. The van der Waals surface area contributed by atoms with Crippen molar-refractivity contribution in [1.82, 2.24) is 5.32 Å². The summed E-state index contributed by atoms with van der Waals surface area (Å²) in [6.45, 7) is 2.02. The summed E-state index contributed by atoms with van der Waals surface area (Å²) in [5.74, 6) is 0.527. The van der Waals surface area contributed by atoms with Crippen LogP contribution in [0.15, 0.2) is 24.3 Å². The summed E-state index contributed by atoms with van der Waals surface area (Å²) < 4.78 is 12.8. The molecule has 1 aromatic rings. The zero-order chi connectivity index (χ0) is 15.0. The Balaban J connectivity index is 2.49. The summed E-state index contributed by atoms with van der Waals surface area (Å²) in [6, 6.07) is 6.24. The number of thioether (sulfide) groups is 1. The molecular formula is C15H22FNO2S. The Morgan fingerprint density at radius 1 is 1.40 bits per heavy atom. The fourth-order valence-corrected chi connectivity index (χ4v) is 2.68. The summed E-state index contributed by atoms with van der Waals surface area (Å²) >= 11 is 1.64. The lowest BCUT2D eigenvalue weighted by Crippen LogP contribution is -2.37. The maximum Gasteiger partial charge on any atom is 0.220 e. The van der Waals surface area contributed by atoms with Crippen LogP contribution in [0, 0.1) is 5.82 Å². The van der Waals surface area contributed by atoms with Gasteiger partial charge in [0.05, 0.1) is 0 Å². The molecular weight excluding hydrogens is 277 g/mol. The summed E-state index contributed by atoms with van der Waals surface area (Å²) in [6.07, 6.45) is 2.90. The summed E-state index contributed by atoms with van der Waals surface area (Å²) in [7, 11) is 0. The topological polar surface area (TPSA) is 49.3 Å². The number of hydrogen-bond donors (Lipinski definition) is 2. The Bertz CT molecular complexity index is 405. The fourth-order valence-electron chi connectivity index (χ4n) is 2.03. The number of carbonyl (C=O) groups is 1. The molecule has 1 rings (SSSR count). The molecule has 3 nitrogen and oxygen atoms in total. The minimum Gasteiger partial charge on any atom is -0.396 e. The SMILES string of the molecule is CSCC(CCO)NC(=O)CC(C)c1ccc(F)cc1. The third-order valence-corrected chi connectivity index (χ3v) is 3.88. The molecule has 0 saturated heterocycles. The third-order valence-electron chi connectivity index (χ3n) is 3.14. The molecule has 0 aromatic heterocycles. The molecule has 0 fully saturated rings. The van der Waals surface area contributed by atoms with Crippen LogP contribution in [0.3, 0.4) is 0 Å². The highest BCUT2D eigenvalue weighted by molar-refractivity contribution is 7.98. The zero-order valence-corrected chi connectivity index (χ0v) is 12.8. The van der Waals surface area contributed by atoms with Gasteiger partial charge in [-0.05, 0) is 36.3 Å². The average molecular weight is 299 g/mol. The van der Waals surface area contributed by atoms with Gasteiger partial charge in [-0.25, -0.2) is 4.39 Å². The fraction of sp³-hybridized carbons (Fsp3) is 0.533. The lowest BCUT2D eigenvalue weighted by Gasteiger charge is -2.18. The molecule has 1 amide bonds.